The number of hydrazone groups is 1. The van der Waals surface area contributed by atoms with Crippen LogP contribution in [0.25, 0.3) is 16.9 Å². The molecule has 0 bridgehead atoms. The second-order valence-electron chi connectivity index (χ2n) is 6.74. The van der Waals surface area contributed by atoms with Crippen molar-refractivity contribution in [1.29, 1.82) is 0 Å². The summed E-state index contributed by atoms with van der Waals surface area (Å²) in [7, 11) is 0. The summed E-state index contributed by atoms with van der Waals surface area (Å²) < 4.78 is 29.7. The summed E-state index contributed by atoms with van der Waals surface area (Å²) in [6.45, 7) is 0. The molecule has 0 amide bonds. The number of hydrogen-bond acceptors (Lipinski definition) is 4. The number of halogens is 3. The van der Waals surface area contributed by atoms with Crippen LogP contribution >= 0.6 is 15.9 Å². The van der Waals surface area contributed by atoms with Crippen molar-refractivity contribution in [2.24, 2.45) is 5.10 Å². The fourth-order valence-electron chi connectivity index (χ4n) is 2.94. The molecule has 1 aromatic heterocycles. The molecule has 0 aliphatic rings. The molecule has 2 N–H and O–H groups in total. The SMILES string of the molecule is O=C(O)c1ccc(-n2cc(/C=N/Nc3ccc(Br)cc3)c(-c3ccc(F)c(F)c3)n2)cc1. The number of nitrogens with zero attached hydrogens (tertiary/aromatic N) is 3. The molecule has 0 fully saturated rings. The fraction of sp³-hybridized carbons (Fsp3) is 0. The molecular weight excluding hydrogens is 482 g/mol. The fourth-order valence-corrected chi connectivity index (χ4v) is 3.20. The van der Waals surface area contributed by atoms with Crippen LogP contribution in [0.1, 0.15) is 15.9 Å². The summed E-state index contributed by atoms with van der Waals surface area (Å²) in [4.78, 5) is 11.1. The van der Waals surface area contributed by atoms with Crippen LogP contribution in [0.15, 0.2) is 82.5 Å². The lowest BCUT2D eigenvalue weighted by atomic mass is 10.1. The molecule has 0 radical (unpaired) electrons. The van der Waals surface area contributed by atoms with Gasteiger partial charge in [-0.15, -0.1) is 0 Å². The third-order valence-corrected chi connectivity index (χ3v) is 5.08. The Morgan fingerprint density at radius 3 is 2.41 bits per heavy atom. The predicted octanol–water partition coefficient (Wildman–Crippen LogP) is 5.72. The van der Waals surface area contributed by atoms with Crippen molar-refractivity contribution in [3.8, 4) is 16.9 Å². The Balaban J connectivity index is 1.70. The summed E-state index contributed by atoms with van der Waals surface area (Å²) in [5.41, 5.74) is 5.69. The maximum absolute atomic E-state index is 13.8. The zero-order valence-corrected chi connectivity index (χ0v) is 17.9. The van der Waals surface area contributed by atoms with E-state index in [1.807, 2.05) is 24.3 Å². The van der Waals surface area contributed by atoms with Gasteiger partial charge in [0.25, 0.3) is 0 Å². The molecular formula is C23H15BrF2N4O2. The van der Waals surface area contributed by atoms with Gasteiger partial charge >= 0.3 is 5.97 Å². The third kappa shape index (κ3) is 4.73. The Bertz CT molecular complexity index is 1300. The van der Waals surface area contributed by atoms with Crippen molar-refractivity contribution in [3.63, 3.8) is 0 Å². The van der Waals surface area contributed by atoms with E-state index in [2.05, 4.69) is 31.6 Å². The first-order chi connectivity index (χ1) is 15.4. The van der Waals surface area contributed by atoms with Gasteiger partial charge < -0.3 is 5.11 Å². The van der Waals surface area contributed by atoms with Gasteiger partial charge in [0.05, 0.1) is 23.2 Å². The summed E-state index contributed by atoms with van der Waals surface area (Å²) >= 11 is 3.37. The van der Waals surface area contributed by atoms with Gasteiger partial charge in [0, 0.05) is 21.8 Å². The number of rotatable bonds is 6. The van der Waals surface area contributed by atoms with E-state index in [0.717, 1.165) is 22.3 Å². The largest absolute Gasteiger partial charge is 0.478 e. The molecule has 9 heteroatoms. The van der Waals surface area contributed by atoms with Gasteiger partial charge in [-0.1, -0.05) is 15.9 Å². The maximum atomic E-state index is 13.8. The highest BCUT2D eigenvalue weighted by molar-refractivity contribution is 9.10. The first-order valence-corrected chi connectivity index (χ1v) is 10.1. The number of hydrogen-bond donors (Lipinski definition) is 2. The van der Waals surface area contributed by atoms with Crippen LogP contribution in [0, 0.1) is 11.6 Å². The van der Waals surface area contributed by atoms with Gasteiger partial charge in [-0.25, -0.2) is 18.3 Å². The summed E-state index contributed by atoms with van der Waals surface area (Å²) in [6, 6.07) is 17.1. The van der Waals surface area contributed by atoms with E-state index in [1.165, 1.54) is 29.1 Å². The predicted molar refractivity (Wildman–Crippen MR) is 121 cm³/mol. The minimum absolute atomic E-state index is 0.141. The Hall–Kier alpha value is -3.85. The van der Waals surface area contributed by atoms with E-state index >= 15 is 0 Å². The Morgan fingerprint density at radius 2 is 1.75 bits per heavy atom. The minimum Gasteiger partial charge on any atom is -0.478 e. The lowest BCUT2D eigenvalue weighted by Gasteiger charge is -2.02. The third-order valence-electron chi connectivity index (χ3n) is 4.56. The Morgan fingerprint density at radius 1 is 1.03 bits per heavy atom. The number of carboxylic acid groups (broad SMARTS) is 1. The average Bonchev–Trinajstić information content (AvgIpc) is 3.21. The molecule has 32 heavy (non-hydrogen) atoms. The lowest BCUT2D eigenvalue weighted by Crippen LogP contribution is -1.99. The van der Waals surface area contributed by atoms with Crippen molar-refractivity contribution in [3.05, 3.63) is 100 Å². The topological polar surface area (TPSA) is 79.5 Å². The standard InChI is InChI=1S/C23H15BrF2N4O2/c24-17-4-6-18(7-5-17)28-27-12-16-13-30(19-8-1-14(2-9-19)23(31)32)29-22(16)15-3-10-20(25)21(26)11-15/h1-13,28H,(H,31,32)/b27-12+. The monoisotopic (exact) mass is 496 g/mol. The van der Waals surface area contributed by atoms with Crippen LogP contribution < -0.4 is 5.43 Å². The highest BCUT2D eigenvalue weighted by atomic mass is 79.9. The molecule has 160 valence electrons. The summed E-state index contributed by atoms with van der Waals surface area (Å²) in [5.74, 6) is -2.98. The van der Waals surface area contributed by atoms with Crippen LogP contribution in [-0.4, -0.2) is 27.1 Å². The van der Waals surface area contributed by atoms with E-state index < -0.39 is 17.6 Å². The number of anilines is 1. The highest BCUT2D eigenvalue weighted by Gasteiger charge is 2.14. The van der Waals surface area contributed by atoms with Crippen molar-refractivity contribution in [1.82, 2.24) is 9.78 Å². The number of carbonyl (C=O) groups is 1. The number of nitrogens with one attached hydrogen (secondary N) is 1. The quantitative estimate of drug-likeness (QED) is 0.264. The van der Waals surface area contributed by atoms with Crippen LogP contribution in [0.3, 0.4) is 0 Å². The van der Waals surface area contributed by atoms with Crippen LogP contribution in [0.4, 0.5) is 14.5 Å². The number of aromatic carboxylic acids is 1. The van der Waals surface area contributed by atoms with Crippen molar-refractivity contribution in [2.75, 3.05) is 5.43 Å². The highest BCUT2D eigenvalue weighted by Crippen LogP contribution is 2.25. The second kappa shape index (κ2) is 9.11. The molecule has 0 atom stereocenters. The van der Waals surface area contributed by atoms with E-state index in [0.29, 0.717) is 22.5 Å². The summed E-state index contributed by atoms with van der Waals surface area (Å²) in [5, 5.41) is 17.8. The van der Waals surface area contributed by atoms with Crippen molar-refractivity contribution >= 4 is 33.8 Å². The normalized spacial score (nSPS) is 11.1. The average molecular weight is 497 g/mol. The molecule has 0 spiro atoms. The summed E-state index contributed by atoms with van der Waals surface area (Å²) in [6.07, 6.45) is 3.19. The first-order valence-electron chi connectivity index (χ1n) is 9.34. The molecule has 3 aromatic carbocycles. The van der Waals surface area contributed by atoms with Gasteiger partial charge in [0.2, 0.25) is 0 Å². The molecule has 0 unspecified atom stereocenters. The smallest absolute Gasteiger partial charge is 0.335 e. The van der Waals surface area contributed by atoms with E-state index in [-0.39, 0.29) is 5.56 Å². The van der Waals surface area contributed by atoms with Gasteiger partial charge in [0.1, 0.15) is 5.69 Å². The molecule has 0 saturated carbocycles. The number of aromatic nitrogens is 2. The maximum Gasteiger partial charge on any atom is 0.335 e. The molecule has 0 aliphatic carbocycles. The molecule has 0 aliphatic heterocycles. The molecule has 4 rings (SSSR count). The van der Waals surface area contributed by atoms with Crippen molar-refractivity contribution in [2.45, 2.75) is 0 Å². The molecule has 4 aromatic rings. The van der Waals surface area contributed by atoms with E-state index in [4.69, 9.17) is 5.11 Å². The minimum atomic E-state index is -1.04. The van der Waals surface area contributed by atoms with Gasteiger partial charge in [0.15, 0.2) is 11.6 Å². The van der Waals surface area contributed by atoms with Gasteiger partial charge in [-0.05, 0) is 66.7 Å². The Kier molecular flexibility index (Phi) is 6.09. The van der Waals surface area contributed by atoms with Gasteiger partial charge in [-0.2, -0.15) is 10.2 Å². The van der Waals surface area contributed by atoms with Gasteiger partial charge in [-0.3, -0.25) is 5.43 Å². The number of benzene rings is 3. The van der Waals surface area contributed by atoms with Crippen LogP contribution in [-0.2, 0) is 0 Å². The lowest BCUT2D eigenvalue weighted by molar-refractivity contribution is 0.0697. The van der Waals surface area contributed by atoms with Crippen molar-refractivity contribution < 1.29 is 18.7 Å². The zero-order valence-electron chi connectivity index (χ0n) is 16.3. The molecule has 0 saturated heterocycles. The second-order valence-corrected chi connectivity index (χ2v) is 7.65. The first kappa shape index (κ1) is 21.4. The molecule has 6 nitrogen and oxygen atoms in total. The zero-order chi connectivity index (χ0) is 22.7. The number of carboxylic acids is 1. The van der Waals surface area contributed by atoms with E-state index in [1.54, 1.807) is 18.3 Å². The Labute approximate surface area is 190 Å². The van der Waals surface area contributed by atoms with E-state index in [9.17, 15) is 13.6 Å². The van der Waals surface area contributed by atoms with Crippen LogP contribution in [0.2, 0.25) is 0 Å². The van der Waals surface area contributed by atoms with Crippen LogP contribution in [0.5, 0.6) is 0 Å². The molecule has 1 heterocycles.